The van der Waals surface area contributed by atoms with E-state index in [9.17, 15) is 19.2 Å². The zero-order chi connectivity index (χ0) is 22.7. The summed E-state index contributed by atoms with van der Waals surface area (Å²) in [6.07, 6.45) is 3.22. The molecule has 2 aromatic carbocycles. The molecule has 0 spiro atoms. The fourth-order valence-corrected chi connectivity index (χ4v) is 3.60. The highest BCUT2D eigenvalue weighted by Gasteiger charge is 2.29. The van der Waals surface area contributed by atoms with Gasteiger partial charge in [-0.1, -0.05) is 6.07 Å². The van der Waals surface area contributed by atoms with Crippen LogP contribution in [0.4, 0.5) is 17.1 Å². The Hall–Kier alpha value is -3.68. The van der Waals surface area contributed by atoms with E-state index in [2.05, 4.69) is 16.0 Å². The number of hydrogen-bond donors (Lipinski definition) is 3. The minimum Gasteiger partial charge on any atom is -0.343 e. The van der Waals surface area contributed by atoms with E-state index in [-0.39, 0.29) is 36.1 Å². The Labute approximate surface area is 186 Å². The van der Waals surface area contributed by atoms with E-state index in [1.165, 1.54) is 0 Å². The third kappa shape index (κ3) is 5.14. The van der Waals surface area contributed by atoms with Crippen LogP contribution in [0.1, 0.15) is 41.6 Å². The molecule has 0 radical (unpaired) electrons. The first-order valence-electron chi connectivity index (χ1n) is 10.8. The second kappa shape index (κ2) is 9.21. The summed E-state index contributed by atoms with van der Waals surface area (Å²) in [5, 5.41) is 8.24. The molecule has 1 heterocycles. The van der Waals surface area contributed by atoms with Crippen LogP contribution in [-0.2, 0) is 14.4 Å². The molecule has 3 N–H and O–H groups in total. The van der Waals surface area contributed by atoms with E-state index in [1.54, 1.807) is 41.3 Å². The lowest BCUT2D eigenvalue weighted by molar-refractivity contribution is -0.118. The Bertz CT molecular complexity index is 1060. The Morgan fingerprint density at radius 1 is 1.03 bits per heavy atom. The van der Waals surface area contributed by atoms with Crippen LogP contribution < -0.4 is 20.9 Å². The van der Waals surface area contributed by atoms with Crippen molar-refractivity contribution in [3.8, 4) is 0 Å². The maximum Gasteiger partial charge on any atom is 0.251 e. The molecule has 1 saturated carbocycles. The minimum absolute atomic E-state index is 0.00138. The molecule has 8 nitrogen and oxygen atoms in total. The summed E-state index contributed by atoms with van der Waals surface area (Å²) in [6.45, 7) is 2.35. The molecule has 4 rings (SSSR count). The first kappa shape index (κ1) is 21.5. The monoisotopic (exact) mass is 434 g/mol. The van der Waals surface area contributed by atoms with Crippen LogP contribution in [0.25, 0.3) is 0 Å². The molecule has 0 atom stereocenters. The van der Waals surface area contributed by atoms with Crippen molar-refractivity contribution >= 4 is 40.7 Å². The molecule has 0 unspecified atom stereocenters. The van der Waals surface area contributed by atoms with Gasteiger partial charge >= 0.3 is 0 Å². The normalized spacial score (nSPS) is 15.4. The second-order valence-corrected chi connectivity index (χ2v) is 8.22. The van der Waals surface area contributed by atoms with Gasteiger partial charge in [0.25, 0.3) is 5.91 Å². The van der Waals surface area contributed by atoms with Crippen molar-refractivity contribution in [1.82, 2.24) is 5.32 Å². The van der Waals surface area contributed by atoms with Gasteiger partial charge in [0, 0.05) is 41.5 Å². The van der Waals surface area contributed by atoms with Crippen LogP contribution in [0.2, 0.25) is 0 Å². The minimum atomic E-state index is -0.374. The number of nitrogens with zero attached hydrogens (tertiary/aromatic N) is 1. The topological polar surface area (TPSA) is 108 Å². The number of amides is 4. The number of hydrogen-bond acceptors (Lipinski definition) is 4. The number of benzene rings is 2. The number of anilines is 3. The lowest BCUT2D eigenvalue weighted by Crippen LogP contribution is -2.33. The average molecular weight is 434 g/mol. The Morgan fingerprint density at radius 2 is 1.78 bits per heavy atom. The third-order valence-corrected chi connectivity index (χ3v) is 5.65. The van der Waals surface area contributed by atoms with Crippen LogP contribution in [0.15, 0.2) is 42.5 Å². The van der Waals surface area contributed by atoms with Gasteiger partial charge < -0.3 is 20.9 Å². The summed E-state index contributed by atoms with van der Waals surface area (Å²) in [5.74, 6) is -0.564. The predicted molar refractivity (Wildman–Crippen MR) is 122 cm³/mol. The highest BCUT2D eigenvalue weighted by molar-refractivity contribution is 6.01. The molecule has 166 valence electrons. The number of carbonyl (C=O) groups excluding carboxylic acids is 4. The maximum atomic E-state index is 12.4. The van der Waals surface area contributed by atoms with E-state index < -0.39 is 0 Å². The van der Waals surface area contributed by atoms with Gasteiger partial charge in [0.05, 0.1) is 6.54 Å². The fraction of sp³-hybridized carbons (Fsp3) is 0.333. The van der Waals surface area contributed by atoms with Gasteiger partial charge in [0.1, 0.15) is 0 Å². The van der Waals surface area contributed by atoms with Gasteiger partial charge in [0.2, 0.25) is 17.7 Å². The van der Waals surface area contributed by atoms with Crippen molar-refractivity contribution in [3.63, 3.8) is 0 Å². The van der Waals surface area contributed by atoms with Crippen LogP contribution in [0, 0.1) is 12.8 Å². The molecule has 1 aliphatic carbocycles. The van der Waals surface area contributed by atoms with E-state index in [4.69, 9.17) is 0 Å². The summed E-state index contributed by atoms with van der Waals surface area (Å²) in [5.41, 5.74) is 3.24. The average Bonchev–Trinajstić information content (AvgIpc) is 3.55. The smallest absolute Gasteiger partial charge is 0.251 e. The molecule has 0 bridgehead atoms. The molecular formula is C24H26N4O4. The van der Waals surface area contributed by atoms with Gasteiger partial charge in [-0.3, -0.25) is 19.2 Å². The Kier molecular flexibility index (Phi) is 6.20. The fourth-order valence-electron chi connectivity index (χ4n) is 3.60. The van der Waals surface area contributed by atoms with Gasteiger partial charge in [0.15, 0.2) is 0 Å². The maximum absolute atomic E-state index is 12.4. The summed E-state index contributed by atoms with van der Waals surface area (Å²) < 4.78 is 0. The first-order valence-corrected chi connectivity index (χ1v) is 10.8. The predicted octanol–water partition coefficient (Wildman–Crippen LogP) is 2.84. The van der Waals surface area contributed by atoms with E-state index in [0.29, 0.717) is 29.9 Å². The van der Waals surface area contributed by atoms with Crippen molar-refractivity contribution in [3.05, 3.63) is 53.6 Å². The summed E-state index contributed by atoms with van der Waals surface area (Å²) in [4.78, 5) is 50.2. The molecule has 8 heteroatoms. The van der Waals surface area contributed by atoms with Gasteiger partial charge in [-0.25, -0.2) is 0 Å². The molecule has 2 aliphatic rings. The van der Waals surface area contributed by atoms with Gasteiger partial charge in [-0.15, -0.1) is 0 Å². The Balaban J connectivity index is 1.30. The van der Waals surface area contributed by atoms with E-state index in [1.807, 2.05) is 13.0 Å². The van der Waals surface area contributed by atoms with Crippen molar-refractivity contribution in [2.75, 3.05) is 28.6 Å². The van der Waals surface area contributed by atoms with Crippen LogP contribution in [0.5, 0.6) is 0 Å². The van der Waals surface area contributed by atoms with Crippen LogP contribution in [-0.4, -0.2) is 36.7 Å². The summed E-state index contributed by atoms with van der Waals surface area (Å²) in [6, 6.07) is 12.1. The molecule has 0 aromatic heterocycles. The molecule has 1 saturated heterocycles. The second-order valence-electron chi connectivity index (χ2n) is 8.22. The lowest BCUT2D eigenvalue weighted by atomic mass is 10.1. The third-order valence-electron chi connectivity index (χ3n) is 5.65. The SMILES string of the molecule is Cc1ccc(NC(=O)C2CC2)cc1NC(=O)CNC(=O)c1ccc(N2CCCC2=O)cc1. The van der Waals surface area contributed by atoms with E-state index in [0.717, 1.165) is 30.5 Å². The summed E-state index contributed by atoms with van der Waals surface area (Å²) in [7, 11) is 0. The largest absolute Gasteiger partial charge is 0.343 e. The zero-order valence-electron chi connectivity index (χ0n) is 17.9. The summed E-state index contributed by atoms with van der Waals surface area (Å²) >= 11 is 0. The quantitative estimate of drug-likeness (QED) is 0.623. The van der Waals surface area contributed by atoms with E-state index >= 15 is 0 Å². The number of carbonyl (C=O) groups is 4. The van der Waals surface area contributed by atoms with Crippen molar-refractivity contribution in [1.29, 1.82) is 0 Å². The highest BCUT2D eigenvalue weighted by atomic mass is 16.2. The number of aryl methyl sites for hydroxylation is 1. The van der Waals surface area contributed by atoms with Gasteiger partial charge in [-0.2, -0.15) is 0 Å². The van der Waals surface area contributed by atoms with Gasteiger partial charge in [-0.05, 0) is 68.1 Å². The lowest BCUT2D eigenvalue weighted by Gasteiger charge is -2.16. The van der Waals surface area contributed by atoms with Crippen LogP contribution in [0.3, 0.4) is 0 Å². The van der Waals surface area contributed by atoms with Crippen molar-refractivity contribution in [2.24, 2.45) is 5.92 Å². The first-order chi connectivity index (χ1) is 15.4. The Morgan fingerprint density at radius 3 is 2.44 bits per heavy atom. The molecular weight excluding hydrogens is 408 g/mol. The molecule has 2 aromatic rings. The molecule has 1 aliphatic heterocycles. The molecule has 2 fully saturated rings. The number of nitrogens with one attached hydrogen (secondary N) is 3. The zero-order valence-corrected chi connectivity index (χ0v) is 17.9. The highest BCUT2D eigenvalue weighted by Crippen LogP contribution is 2.31. The molecule has 4 amide bonds. The standard InChI is InChI=1S/C24H26N4O4/c1-15-4-9-18(26-24(32)17-5-6-17)13-20(15)27-21(29)14-25-23(31)16-7-10-19(11-8-16)28-12-2-3-22(28)30/h4,7-11,13,17H,2-3,5-6,12,14H2,1H3,(H,25,31)(H,26,32)(H,27,29). The van der Waals surface area contributed by atoms with Crippen molar-refractivity contribution in [2.45, 2.75) is 32.6 Å². The van der Waals surface area contributed by atoms with Crippen molar-refractivity contribution < 1.29 is 19.2 Å². The number of rotatable bonds is 7. The van der Waals surface area contributed by atoms with Crippen LogP contribution >= 0.6 is 0 Å². The molecule has 32 heavy (non-hydrogen) atoms.